The zero-order valence-corrected chi connectivity index (χ0v) is 5.71. The highest BCUT2D eigenvalue weighted by molar-refractivity contribution is 5.85. The molecular formula is C4H12ClNO3. The van der Waals surface area contributed by atoms with E-state index in [2.05, 4.69) is 0 Å². The van der Waals surface area contributed by atoms with Crippen molar-refractivity contribution in [3.63, 3.8) is 0 Å². The molecule has 0 bridgehead atoms. The Morgan fingerprint density at radius 3 is 1.78 bits per heavy atom. The standard InChI is InChI=1S/C4H11NO3.ClH/c5-3(1-6)4(8)2-7;/h3-4,6-8H,1-2,5H2;1H. The van der Waals surface area contributed by atoms with Crippen molar-refractivity contribution in [2.45, 2.75) is 12.1 Å². The lowest BCUT2D eigenvalue weighted by molar-refractivity contribution is 0.0549. The van der Waals surface area contributed by atoms with Gasteiger partial charge >= 0.3 is 0 Å². The number of hydrogen-bond donors (Lipinski definition) is 4. The second kappa shape index (κ2) is 6.25. The van der Waals surface area contributed by atoms with Crippen LogP contribution in [0.25, 0.3) is 0 Å². The van der Waals surface area contributed by atoms with E-state index in [4.69, 9.17) is 21.1 Å². The van der Waals surface area contributed by atoms with Crippen LogP contribution in [0.2, 0.25) is 0 Å². The van der Waals surface area contributed by atoms with E-state index in [9.17, 15) is 0 Å². The zero-order chi connectivity index (χ0) is 6.57. The molecule has 0 fully saturated rings. The van der Waals surface area contributed by atoms with Gasteiger partial charge < -0.3 is 21.1 Å². The summed E-state index contributed by atoms with van der Waals surface area (Å²) in [6.45, 7) is -0.705. The highest BCUT2D eigenvalue weighted by atomic mass is 35.5. The van der Waals surface area contributed by atoms with Gasteiger partial charge in [-0.25, -0.2) is 0 Å². The fourth-order valence-corrected chi connectivity index (χ4v) is 0.257. The Morgan fingerprint density at radius 1 is 1.22 bits per heavy atom. The topological polar surface area (TPSA) is 86.7 Å². The molecule has 0 aliphatic heterocycles. The smallest absolute Gasteiger partial charge is 0.0943 e. The predicted molar refractivity (Wildman–Crippen MR) is 35.4 cm³/mol. The molecule has 0 saturated carbocycles. The average Bonchev–Trinajstić information content (AvgIpc) is 1.84. The zero-order valence-electron chi connectivity index (χ0n) is 4.90. The number of hydrogen-bond acceptors (Lipinski definition) is 4. The molecule has 0 aliphatic carbocycles. The summed E-state index contributed by atoms with van der Waals surface area (Å²) in [6.07, 6.45) is -1.00. The molecule has 5 N–H and O–H groups in total. The third-order valence-electron chi connectivity index (χ3n) is 0.892. The van der Waals surface area contributed by atoms with E-state index in [1.165, 1.54) is 0 Å². The lowest BCUT2D eigenvalue weighted by atomic mass is 10.2. The van der Waals surface area contributed by atoms with E-state index >= 15 is 0 Å². The molecule has 0 heterocycles. The van der Waals surface area contributed by atoms with Crippen molar-refractivity contribution in [2.75, 3.05) is 13.2 Å². The van der Waals surface area contributed by atoms with Gasteiger partial charge in [-0.3, -0.25) is 0 Å². The van der Waals surface area contributed by atoms with E-state index in [0.717, 1.165) is 0 Å². The van der Waals surface area contributed by atoms with Crippen molar-refractivity contribution >= 4 is 12.4 Å². The average molecular weight is 158 g/mol. The molecule has 0 rings (SSSR count). The summed E-state index contributed by atoms with van der Waals surface area (Å²) in [5, 5.41) is 25.0. The second-order valence-electron chi connectivity index (χ2n) is 1.60. The van der Waals surface area contributed by atoms with Crippen LogP contribution in [0.15, 0.2) is 0 Å². The van der Waals surface area contributed by atoms with Gasteiger partial charge in [-0.05, 0) is 0 Å². The van der Waals surface area contributed by atoms with Crippen LogP contribution in [0.4, 0.5) is 0 Å². The molecule has 4 nitrogen and oxygen atoms in total. The second-order valence-corrected chi connectivity index (χ2v) is 1.60. The first kappa shape index (κ1) is 11.9. The van der Waals surface area contributed by atoms with Crippen molar-refractivity contribution in [2.24, 2.45) is 5.73 Å². The van der Waals surface area contributed by atoms with E-state index < -0.39 is 18.8 Å². The van der Waals surface area contributed by atoms with Gasteiger partial charge in [0.25, 0.3) is 0 Å². The summed E-state index contributed by atoms with van der Waals surface area (Å²) in [6, 6.07) is -0.722. The maximum atomic E-state index is 8.59. The Labute approximate surface area is 59.7 Å². The Kier molecular flexibility index (Phi) is 8.25. The normalized spacial score (nSPS) is 16.0. The van der Waals surface area contributed by atoms with Gasteiger partial charge in [0, 0.05) is 0 Å². The van der Waals surface area contributed by atoms with Crippen molar-refractivity contribution in [1.29, 1.82) is 0 Å². The van der Waals surface area contributed by atoms with E-state index in [-0.39, 0.29) is 19.0 Å². The van der Waals surface area contributed by atoms with Crippen LogP contribution >= 0.6 is 12.4 Å². The Bertz CT molecular complexity index is 55.8. The van der Waals surface area contributed by atoms with Gasteiger partial charge in [0.2, 0.25) is 0 Å². The molecule has 58 valence electrons. The van der Waals surface area contributed by atoms with Crippen LogP contribution < -0.4 is 5.73 Å². The minimum Gasteiger partial charge on any atom is -0.395 e. The highest BCUT2D eigenvalue weighted by Gasteiger charge is 2.10. The maximum Gasteiger partial charge on any atom is 0.0943 e. The van der Waals surface area contributed by atoms with Crippen molar-refractivity contribution in [1.82, 2.24) is 0 Å². The van der Waals surface area contributed by atoms with Gasteiger partial charge in [0.1, 0.15) is 0 Å². The molecule has 0 amide bonds. The lowest BCUT2D eigenvalue weighted by Crippen LogP contribution is -2.39. The third-order valence-corrected chi connectivity index (χ3v) is 0.892. The molecule has 0 aliphatic rings. The highest BCUT2D eigenvalue weighted by Crippen LogP contribution is 1.84. The number of halogens is 1. The molecule has 2 unspecified atom stereocenters. The lowest BCUT2D eigenvalue weighted by Gasteiger charge is -2.12. The first-order valence-electron chi connectivity index (χ1n) is 2.37. The van der Waals surface area contributed by atoms with Crippen molar-refractivity contribution in [3.8, 4) is 0 Å². The van der Waals surface area contributed by atoms with E-state index in [0.29, 0.717) is 0 Å². The minimum atomic E-state index is -1.00. The Hall–Kier alpha value is 0.130. The monoisotopic (exact) mass is 157 g/mol. The molecule has 0 saturated heterocycles. The fraction of sp³-hybridized carbons (Fsp3) is 1.00. The maximum absolute atomic E-state index is 8.59. The molecule has 2 atom stereocenters. The molecule has 0 aromatic heterocycles. The van der Waals surface area contributed by atoms with Crippen LogP contribution in [0, 0.1) is 0 Å². The number of aliphatic hydroxyl groups is 3. The van der Waals surface area contributed by atoms with Crippen LogP contribution in [0.3, 0.4) is 0 Å². The SMILES string of the molecule is Cl.NC(CO)C(O)CO. The summed E-state index contributed by atoms with van der Waals surface area (Å²) in [4.78, 5) is 0. The quantitative estimate of drug-likeness (QED) is 0.385. The van der Waals surface area contributed by atoms with E-state index in [1.54, 1.807) is 0 Å². The van der Waals surface area contributed by atoms with Crippen LogP contribution in [0.5, 0.6) is 0 Å². The number of aliphatic hydroxyl groups excluding tert-OH is 3. The van der Waals surface area contributed by atoms with E-state index in [1.807, 2.05) is 0 Å². The van der Waals surface area contributed by atoms with Gasteiger partial charge in [-0.15, -0.1) is 12.4 Å². The summed E-state index contributed by atoms with van der Waals surface area (Å²) < 4.78 is 0. The largest absolute Gasteiger partial charge is 0.395 e. The molecule has 5 heteroatoms. The third kappa shape index (κ3) is 4.62. The van der Waals surface area contributed by atoms with Crippen molar-refractivity contribution < 1.29 is 15.3 Å². The summed E-state index contributed by atoms with van der Waals surface area (Å²) in [5.74, 6) is 0. The van der Waals surface area contributed by atoms with Crippen LogP contribution in [-0.2, 0) is 0 Å². The van der Waals surface area contributed by atoms with Crippen LogP contribution in [-0.4, -0.2) is 40.7 Å². The summed E-state index contributed by atoms with van der Waals surface area (Å²) in [7, 11) is 0. The molecule has 0 aromatic carbocycles. The first-order valence-corrected chi connectivity index (χ1v) is 2.37. The number of rotatable bonds is 3. The fourth-order valence-electron chi connectivity index (χ4n) is 0.257. The molecule has 0 spiro atoms. The Balaban J connectivity index is 0. The van der Waals surface area contributed by atoms with Crippen molar-refractivity contribution in [3.05, 3.63) is 0 Å². The number of nitrogens with two attached hydrogens (primary N) is 1. The minimum absolute atomic E-state index is 0. The predicted octanol–water partition coefficient (Wildman–Crippen LogP) is -1.92. The van der Waals surface area contributed by atoms with Crippen LogP contribution in [0.1, 0.15) is 0 Å². The van der Waals surface area contributed by atoms with Gasteiger partial charge in [-0.1, -0.05) is 0 Å². The van der Waals surface area contributed by atoms with Gasteiger partial charge in [0.05, 0.1) is 25.4 Å². The molecule has 9 heavy (non-hydrogen) atoms. The summed E-state index contributed by atoms with van der Waals surface area (Å²) >= 11 is 0. The summed E-state index contributed by atoms with van der Waals surface area (Å²) in [5.41, 5.74) is 5.07. The first-order chi connectivity index (χ1) is 3.72. The Morgan fingerprint density at radius 2 is 1.67 bits per heavy atom. The molecule has 0 radical (unpaired) electrons. The molecular weight excluding hydrogens is 146 g/mol. The van der Waals surface area contributed by atoms with Gasteiger partial charge in [-0.2, -0.15) is 0 Å². The van der Waals surface area contributed by atoms with Gasteiger partial charge in [0.15, 0.2) is 0 Å². The molecule has 0 aromatic rings.